The molecule has 0 saturated carbocycles. The van der Waals surface area contributed by atoms with Crippen molar-refractivity contribution in [2.45, 2.75) is 39.5 Å². The molecular formula is C16H21N3O. The lowest BCUT2D eigenvalue weighted by atomic mass is 9.82. The van der Waals surface area contributed by atoms with Crippen LogP contribution >= 0.6 is 0 Å². The van der Waals surface area contributed by atoms with Crippen LogP contribution in [0.1, 0.15) is 38.3 Å². The van der Waals surface area contributed by atoms with Crippen LogP contribution in [-0.4, -0.2) is 9.97 Å². The van der Waals surface area contributed by atoms with Crippen LogP contribution in [0.25, 0.3) is 0 Å². The number of ether oxygens (including phenoxy) is 1. The molecule has 106 valence electrons. The van der Waals surface area contributed by atoms with Crippen LogP contribution in [0, 0.1) is 6.92 Å². The van der Waals surface area contributed by atoms with Gasteiger partial charge in [-0.2, -0.15) is 4.98 Å². The predicted molar refractivity (Wildman–Crippen MR) is 81.0 cm³/mol. The van der Waals surface area contributed by atoms with Gasteiger partial charge in [0.15, 0.2) is 0 Å². The van der Waals surface area contributed by atoms with Gasteiger partial charge in [-0.3, -0.25) is 0 Å². The molecule has 2 N–H and O–H groups in total. The van der Waals surface area contributed by atoms with E-state index in [4.69, 9.17) is 10.5 Å². The smallest absolute Gasteiger partial charge is 0.226 e. The number of benzene rings is 1. The second kappa shape index (κ2) is 5.49. The fourth-order valence-electron chi connectivity index (χ4n) is 1.83. The van der Waals surface area contributed by atoms with Gasteiger partial charge in [0.05, 0.1) is 0 Å². The molecule has 4 heteroatoms. The first-order chi connectivity index (χ1) is 9.42. The zero-order chi connectivity index (χ0) is 14.8. The summed E-state index contributed by atoms with van der Waals surface area (Å²) in [5.74, 6) is 1.47. The van der Waals surface area contributed by atoms with E-state index >= 15 is 0 Å². The summed E-state index contributed by atoms with van der Waals surface area (Å²) in [5, 5.41) is 0. The summed E-state index contributed by atoms with van der Waals surface area (Å²) in [6, 6.07) is 8.12. The van der Waals surface area contributed by atoms with Gasteiger partial charge in [0.25, 0.3) is 0 Å². The van der Waals surface area contributed by atoms with E-state index in [-0.39, 0.29) is 11.4 Å². The third-order valence-electron chi connectivity index (χ3n) is 3.68. The largest absolute Gasteiger partial charge is 0.439 e. The Morgan fingerprint density at radius 3 is 2.45 bits per heavy atom. The highest BCUT2D eigenvalue weighted by molar-refractivity contribution is 5.36. The molecule has 0 aliphatic carbocycles. The van der Waals surface area contributed by atoms with Crippen LogP contribution in [0.3, 0.4) is 0 Å². The van der Waals surface area contributed by atoms with Gasteiger partial charge >= 0.3 is 0 Å². The van der Waals surface area contributed by atoms with Crippen molar-refractivity contribution in [3.8, 4) is 11.6 Å². The van der Waals surface area contributed by atoms with Gasteiger partial charge in [-0.05, 0) is 36.5 Å². The van der Waals surface area contributed by atoms with Gasteiger partial charge in [-0.15, -0.1) is 0 Å². The van der Waals surface area contributed by atoms with Crippen molar-refractivity contribution >= 4 is 5.95 Å². The van der Waals surface area contributed by atoms with Gasteiger partial charge in [0.2, 0.25) is 11.8 Å². The maximum absolute atomic E-state index is 5.76. The number of aryl methyl sites for hydroxylation is 1. The summed E-state index contributed by atoms with van der Waals surface area (Å²) < 4.78 is 5.76. The number of rotatable bonds is 4. The van der Waals surface area contributed by atoms with Crippen molar-refractivity contribution in [1.82, 2.24) is 9.97 Å². The normalized spacial score (nSPS) is 11.4. The van der Waals surface area contributed by atoms with E-state index in [0.29, 0.717) is 5.88 Å². The first-order valence-electron chi connectivity index (χ1n) is 6.80. The molecule has 2 aromatic rings. The zero-order valence-electron chi connectivity index (χ0n) is 12.5. The predicted octanol–water partition coefficient (Wildman–Crippen LogP) is 3.85. The Morgan fingerprint density at radius 1 is 1.20 bits per heavy atom. The number of nitrogens with zero attached hydrogens (tertiary/aromatic N) is 2. The van der Waals surface area contributed by atoms with Gasteiger partial charge in [-0.25, -0.2) is 4.98 Å². The quantitative estimate of drug-likeness (QED) is 0.917. The van der Waals surface area contributed by atoms with Crippen LogP contribution in [-0.2, 0) is 5.41 Å². The zero-order valence-corrected chi connectivity index (χ0v) is 12.5. The summed E-state index contributed by atoms with van der Waals surface area (Å²) in [5.41, 5.74) is 7.91. The minimum absolute atomic E-state index is 0.174. The van der Waals surface area contributed by atoms with Crippen molar-refractivity contribution in [3.05, 3.63) is 41.6 Å². The Labute approximate surface area is 120 Å². The van der Waals surface area contributed by atoms with Crippen molar-refractivity contribution in [2.24, 2.45) is 0 Å². The molecular weight excluding hydrogens is 250 g/mol. The van der Waals surface area contributed by atoms with Gasteiger partial charge in [0.1, 0.15) is 5.75 Å². The molecule has 0 amide bonds. The molecule has 0 fully saturated rings. The molecule has 0 aliphatic heterocycles. The average Bonchev–Trinajstić information content (AvgIpc) is 2.43. The highest BCUT2D eigenvalue weighted by Gasteiger charge is 2.17. The first kappa shape index (κ1) is 14.3. The minimum atomic E-state index is 0.174. The lowest BCUT2D eigenvalue weighted by Gasteiger charge is -2.23. The Bertz CT molecular complexity index is 591. The Hall–Kier alpha value is -2.10. The van der Waals surface area contributed by atoms with E-state index in [1.807, 2.05) is 19.1 Å². The molecule has 1 aromatic carbocycles. The fourth-order valence-corrected chi connectivity index (χ4v) is 1.83. The molecule has 1 heterocycles. The second-order valence-electron chi connectivity index (χ2n) is 5.58. The third kappa shape index (κ3) is 3.07. The lowest BCUT2D eigenvalue weighted by molar-refractivity contribution is 0.456. The highest BCUT2D eigenvalue weighted by Crippen LogP contribution is 2.29. The lowest BCUT2D eigenvalue weighted by Crippen LogP contribution is -2.14. The van der Waals surface area contributed by atoms with Crippen molar-refractivity contribution < 1.29 is 4.74 Å². The van der Waals surface area contributed by atoms with E-state index in [0.717, 1.165) is 17.7 Å². The number of nitrogen functional groups attached to an aromatic ring is 1. The van der Waals surface area contributed by atoms with Gasteiger partial charge in [-0.1, -0.05) is 32.9 Å². The second-order valence-corrected chi connectivity index (χ2v) is 5.58. The van der Waals surface area contributed by atoms with Crippen molar-refractivity contribution in [1.29, 1.82) is 0 Å². The molecule has 4 nitrogen and oxygen atoms in total. The van der Waals surface area contributed by atoms with E-state index in [2.05, 4.69) is 42.9 Å². The molecule has 0 bridgehead atoms. The molecule has 1 aromatic heterocycles. The summed E-state index contributed by atoms with van der Waals surface area (Å²) in [6.45, 7) is 8.55. The topological polar surface area (TPSA) is 61.0 Å². The summed E-state index contributed by atoms with van der Waals surface area (Å²) >= 11 is 0. The van der Waals surface area contributed by atoms with Crippen molar-refractivity contribution in [3.63, 3.8) is 0 Å². The van der Waals surface area contributed by atoms with Gasteiger partial charge < -0.3 is 10.5 Å². The van der Waals surface area contributed by atoms with Crippen LogP contribution in [0.2, 0.25) is 0 Å². The Kier molecular flexibility index (Phi) is 3.93. The number of aromatic nitrogens is 2. The average molecular weight is 271 g/mol. The van der Waals surface area contributed by atoms with E-state index in [1.165, 1.54) is 5.56 Å². The number of nitrogens with two attached hydrogens (primary N) is 1. The van der Waals surface area contributed by atoms with Crippen LogP contribution in [0.15, 0.2) is 30.5 Å². The maximum atomic E-state index is 5.76. The highest BCUT2D eigenvalue weighted by atomic mass is 16.5. The van der Waals surface area contributed by atoms with Crippen LogP contribution in [0.4, 0.5) is 5.95 Å². The van der Waals surface area contributed by atoms with Crippen LogP contribution in [0.5, 0.6) is 11.6 Å². The Morgan fingerprint density at radius 2 is 1.85 bits per heavy atom. The molecule has 20 heavy (non-hydrogen) atoms. The first-order valence-corrected chi connectivity index (χ1v) is 6.80. The molecule has 0 radical (unpaired) electrons. The SMILES string of the molecule is CCC(C)(C)c1ccc(Oc2nc(N)ncc2C)cc1. The summed E-state index contributed by atoms with van der Waals surface area (Å²) in [4.78, 5) is 8.02. The monoisotopic (exact) mass is 271 g/mol. The number of hydrogen-bond donors (Lipinski definition) is 1. The molecule has 0 aliphatic rings. The summed E-state index contributed by atoms with van der Waals surface area (Å²) in [7, 11) is 0. The van der Waals surface area contributed by atoms with E-state index in [9.17, 15) is 0 Å². The van der Waals surface area contributed by atoms with E-state index in [1.54, 1.807) is 6.20 Å². The van der Waals surface area contributed by atoms with E-state index < -0.39 is 0 Å². The van der Waals surface area contributed by atoms with Crippen molar-refractivity contribution in [2.75, 3.05) is 5.73 Å². The molecule has 0 unspecified atom stereocenters. The Balaban J connectivity index is 2.21. The molecule has 0 spiro atoms. The minimum Gasteiger partial charge on any atom is -0.439 e. The molecule has 0 atom stereocenters. The third-order valence-corrected chi connectivity index (χ3v) is 3.68. The molecule has 0 saturated heterocycles. The van der Waals surface area contributed by atoms with Crippen LogP contribution < -0.4 is 10.5 Å². The standard InChI is InChI=1S/C16H21N3O/c1-5-16(3,4)12-6-8-13(9-7-12)20-14-11(2)10-18-15(17)19-14/h6-10H,5H2,1-4H3,(H2,17,18,19). The van der Waals surface area contributed by atoms with Gasteiger partial charge in [0, 0.05) is 11.8 Å². The fraction of sp³-hybridized carbons (Fsp3) is 0.375. The molecule has 2 rings (SSSR count). The summed E-state index contributed by atoms with van der Waals surface area (Å²) in [6.07, 6.45) is 2.75. The number of anilines is 1. The maximum Gasteiger partial charge on any atom is 0.226 e. The number of hydrogen-bond acceptors (Lipinski definition) is 4.